The maximum Gasteiger partial charge on any atom is 1.00 e. The van der Waals surface area contributed by atoms with Gasteiger partial charge in [-0.25, -0.2) is 4.79 Å². The predicted octanol–water partition coefficient (Wildman–Crippen LogP) is -1.70. The van der Waals surface area contributed by atoms with E-state index in [0.717, 1.165) is 0 Å². The molecule has 1 aliphatic rings. The number of ether oxygens (including phenoxy) is 3. The number of nitrogens with one attached hydrogen (secondary N) is 1. The van der Waals surface area contributed by atoms with Crippen molar-refractivity contribution in [2.45, 2.75) is 6.10 Å². The van der Waals surface area contributed by atoms with Crippen LogP contribution < -0.4 is 44.3 Å². The molecule has 88 valence electrons. The van der Waals surface area contributed by atoms with Crippen molar-refractivity contribution < 1.29 is 50.0 Å². The van der Waals surface area contributed by atoms with E-state index in [1.54, 1.807) is 7.11 Å². The van der Waals surface area contributed by atoms with Crippen LogP contribution in [0.5, 0.6) is 11.5 Å². The summed E-state index contributed by atoms with van der Waals surface area (Å²) in [5.41, 5.74) is 0. The van der Waals surface area contributed by atoms with Gasteiger partial charge in [0, 0.05) is 0 Å². The zero-order valence-corrected chi connectivity index (χ0v) is 11.9. The summed E-state index contributed by atoms with van der Waals surface area (Å²) < 4.78 is 15.6. The molecule has 1 amide bonds. The van der Waals surface area contributed by atoms with Crippen molar-refractivity contribution in [1.29, 1.82) is 0 Å². The number of carbonyl (C=O) groups excluding carboxylic acids is 1. The van der Waals surface area contributed by atoms with Gasteiger partial charge in [0.25, 0.3) is 0 Å². The fourth-order valence-corrected chi connectivity index (χ4v) is 1.45. The fraction of sp³-hybridized carbons (Fsp3) is 0.364. The van der Waals surface area contributed by atoms with E-state index in [1.165, 1.54) is 0 Å². The van der Waals surface area contributed by atoms with E-state index in [-0.39, 0.29) is 37.1 Å². The number of methoxy groups -OCH3 is 1. The maximum absolute atomic E-state index is 10.8. The van der Waals surface area contributed by atoms with E-state index < -0.39 is 6.09 Å². The average molecular weight is 247 g/mol. The molecule has 1 aromatic carbocycles. The fourth-order valence-electron chi connectivity index (χ4n) is 1.45. The molecular weight excluding hydrogens is 233 g/mol. The number of para-hydroxylation sites is 2. The zero-order valence-electron chi connectivity index (χ0n) is 10.9. The van der Waals surface area contributed by atoms with Gasteiger partial charge >= 0.3 is 35.7 Å². The normalized spacial score (nSPS) is 17.7. The van der Waals surface area contributed by atoms with Crippen molar-refractivity contribution in [3.63, 3.8) is 0 Å². The first-order chi connectivity index (χ1) is 7.79. The third-order valence-electron chi connectivity index (χ3n) is 2.24. The minimum atomic E-state index is -0.395. The zero-order chi connectivity index (χ0) is 11.4. The summed E-state index contributed by atoms with van der Waals surface area (Å²) in [4.78, 5) is 10.8. The quantitative estimate of drug-likeness (QED) is 0.644. The van der Waals surface area contributed by atoms with E-state index >= 15 is 0 Å². The summed E-state index contributed by atoms with van der Waals surface area (Å²) in [7, 11) is 1.58. The largest absolute Gasteiger partial charge is 1.00 e. The SMILES string of the molecule is COc1ccccc1OCC1CNC(=O)O1.[H-].[Na+]. The van der Waals surface area contributed by atoms with E-state index in [9.17, 15) is 4.79 Å². The molecule has 1 saturated heterocycles. The molecular formula is C11H14NNaO4. The van der Waals surface area contributed by atoms with Gasteiger partial charge in [0.1, 0.15) is 6.61 Å². The number of alkyl carbamates (subject to hydrolysis) is 1. The molecule has 5 nitrogen and oxygen atoms in total. The smallest absolute Gasteiger partial charge is 1.00 e. The van der Waals surface area contributed by atoms with Gasteiger partial charge < -0.3 is 21.0 Å². The van der Waals surface area contributed by atoms with Gasteiger partial charge in [-0.05, 0) is 12.1 Å². The second-order valence-electron chi connectivity index (χ2n) is 3.37. The van der Waals surface area contributed by atoms with Gasteiger partial charge in [0.2, 0.25) is 0 Å². The number of cyclic esters (lactones) is 1. The Morgan fingerprint density at radius 2 is 2.18 bits per heavy atom. The Balaban J connectivity index is 0.00000144. The molecule has 1 atom stereocenters. The number of benzene rings is 1. The summed E-state index contributed by atoms with van der Waals surface area (Å²) in [5.74, 6) is 1.31. The van der Waals surface area contributed by atoms with Crippen LogP contribution in [0.4, 0.5) is 4.79 Å². The topological polar surface area (TPSA) is 56.8 Å². The first kappa shape index (κ1) is 14.2. The van der Waals surface area contributed by atoms with Gasteiger partial charge in [-0.3, -0.25) is 0 Å². The van der Waals surface area contributed by atoms with E-state index in [2.05, 4.69) is 5.32 Å². The Kier molecular flexibility index (Phi) is 5.61. The Morgan fingerprint density at radius 3 is 2.76 bits per heavy atom. The molecule has 1 fully saturated rings. The molecule has 0 saturated carbocycles. The molecule has 0 aliphatic carbocycles. The second kappa shape index (κ2) is 6.74. The predicted molar refractivity (Wildman–Crippen MR) is 57.9 cm³/mol. The van der Waals surface area contributed by atoms with Crippen LogP contribution in [0.2, 0.25) is 0 Å². The van der Waals surface area contributed by atoms with Crippen molar-refractivity contribution in [2.24, 2.45) is 0 Å². The van der Waals surface area contributed by atoms with Gasteiger partial charge in [-0.15, -0.1) is 0 Å². The van der Waals surface area contributed by atoms with Crippen LogP contribution in [-0.4, -0.2) is 32.5 Å². The van der Waals surface area contributed by atoms with Gasteiger partial charge in [0.05, 0.1) is 13.7 Å². The third-order valence-corrected chi connectivity index (χ3v) is 2.24. The molecule has 1 aliphatic heterocycles. The van der Waals surface area contributed by atoms with E-state index in [0.29, 0.717) is 24.7 Å². The molecule has 6 heteroatoms. The van der Waals surface area contributed by atoms with E-state index in [4.69, 9.17) is 14.2 Å². The Morgan fingerprint density at radius 1 is 1.47 bits per heavy atom. The summed E-state index contributed by atoms with van der Waals surface area (Å²) in [6.45, 7) is 0.799. The molecule has 0 radical (unpaired) electrons. The number of carbonyl (C=O) groups is 1. The van der Waals surface area contributed by atoms with Crippen molar-refractivity contribution in [2.75, 3.05) is 20.3 Å². The minimum absolute atomic E-state index is 0. The summed E-state index contributed by atoms with van der Waals surface area (Å²) in [5, 5.41) is 2.56. The molecule has 0 spiro atoms. The molecule has 1 unspecified atom stereocenters. The Labute approximate surface area is 123 Å². The molecule has 1 heterocycles. The second-order valence-corrected chi connectivity index (χ2v) is 3.37. The first-order valence-electron chi connectivity index (χ1n) is 5.00. The van der Waals surface area contributed by atoms with Crippen LogP contribution in [-0.2, 0) is 4.74 Å². The van der Waals surface area contributed by atoms with Crippen LogP contribution in [0.25, 0.3) is 0 Å². The molecule has 2 rings (SSSR count). The number of hydrogen-bond acceptors (Lipinski definition) is 4. The van der Waals surface area contributed by atoms with Crippen molar-refractivity contribution in [3.8, 4) is 11.5 Å². The van der Waals surface area contributed by atoms with Gasteiger partial charge in [0.15, 0.2) is 17.6 Å². The molecule has 0 aromatic heterocycles. The van der Waals surface area contributed by atoms with Crippen LogP contribution in [0.1, 0.15) is 1.43 Å². The molecule has 0 bridgehead atoms. The summed E-state index contributed by atoms with van der Waals surface area (Å²) >= 11 is 0. The minimum Gasteiger partial charge on any atom is -1.00 e. The molecule has 17 heavy (non-hydrogen) atoms. The first-order valence-corrected chi connectivity index (χ1v) is 5.00. The number of hydrogen-bond donors (Lipinski definition) is 1. The van der Waals surface area contributed by atoms with Crippen molar-refractivity contribution >= 4 is 6.09 Å². The van der Waals surface area contributed by atoms with Crippen LogP contribution in [0.15, 0.2) is 24.3 Å². The number of amides is 1. The summed E-state index contributed by atoms with van der Waals surface area (Å²) in [6, 6.07) is 7.34. The van der Waals surface area contributed by atoms with Crippen molar-refractivity contribution in [1.82, 2.24) is 5.32 Å². The monoisotopic (exact) mass is 247 g/mol. The van der Waals surface area contributed by atoms with E-state index in [1.807, 2.05) is 24.3 Å². The Hall–Kier alpha value is -0.910. The standard InChI is InChI=1S/C11H13NO4.Na.H/c1-14-9-4-2-3-5-10(9)15-7-8-6-12-11(13)16-8;;/h2-5,8H,6-7H2,1H3,(H,12,13);;/q;+1;-1. The summed E-state index contributed by atoms with van der Waals surface area (Å²) in [6.07, 6.45) is -0.633. The van der Waals surface area contributed by atoms with Crippen LogP contribution >= 0.6 is 0 Å². The van der Waals surface area contributed by atoms with Gasteiger partial charge in [-0.2, -0.15) is 0 Å². The third kappa shape index (κ3) is 3.80. The number of rotatable bonds is 4. The average Bonchev–Trinajstić information content (AvgIpc) is 2.73. The molecule has 1 aromatic rings. The van der Waals surface area contributed by atoms with Crippen molar-refractivity contribution in [3.05, 3.63) is 24.3 Å². The van der Waals surface area contributed by atoms with Crippen LogP contribution in [0, 0.1) is 0 Å². The molecule has 1 N–H and O–H groups in total. The Bertz CT molecular complexity index is 391. The van der Waals surface area contributed by atoms with Gasteiger partial charge in [-0.1, -0.05) is 12.1 Å². The maximum atomic E-state index is 10.8. The van der Waals surface area contributed by atoms with Crippen LogP contribution in [0.3, 0.4) is 0 Å².